The predicted octanol–water partition coefficient (Wildman–Crippen LogP) is 4.33. The molecule has 0 aliphatic heterocycles. The minimum absolute atomic E-state index is 0.129. The normalized spacial score (nSPS) is 24.2. The molecule has 1 fully saturated rings. The molecule has 0 radical (unpaired) electrons. The van der Waals surface area contributed by atoms with Crippen molar-refractivity contribution in [1.29, 1.82) is 0 Å². The summed E-state index contributed by atoms with van der Waals surface area (Å²) in [5.74, 6) is 1.73. The number of rotatable bonds is 5. The average molecular weight is 329 g/mol. The molecule has 3 atom stereocenters. The van der Waals surface area contributed by atoms with Crippen molar-refractivity contribution in [3.8, 4) is 5.95 Å². The van der Waals surface area contributed by atoms with Gasteiger partial charge in [-0.2, -0.15) is 0 Å². The van der Waals surface area contributed by atoms with E-state index in [4.69, 9.17) is 9.15 Å². The van der Waals surface area contributed by atoms with Gasteiger partial charge in [-0.05, 0) is 36.2 Å². The Morgan fingerprint density at radius 1 is 1.25 bits per heavy atom. The van der Waals surface area contributed by atoms with E-state index >= 15 is 0 Å². The highest BCUT2D eigenvalue weighted by Gasteiger charge is 2.33. The Morgan fingerprint density at radius 2 is 2.00 bits per heavy atom. The summed E-state index contributed by atoms with van der Waals surface area (Å²) >= 11 is 0. The molecule has 1 aliphatic carbocycles. The van der Waals surface area contributed by atoms with Crippen LogP contribution in [-0.2, 0) is 6.54 Å². The third kappa shape index (κ3) is 3.92. The first-order chi connectivity index (χ1) is 11.5. The zero-order chi connectivity index (χ0) is 17.1. The molecule has 4 heteroatoms. The molecular formula is C20H27NO3. The van der Waals surface area contributed by atoms with Gasteiger partial charge in [0.15, 0.2) is 0 Å². The molecule has 24 heavy (non-hydrogen) atoms. The molecule has 1 heterocycles. The van der Waals surface area contributed by atoms with E-state index in [1.165, 1.54) is 12.8 Å². The van der Waals surface area contributed by atoms with Gasteiger partial charge in [0.25, 0.3) is 0 Å². The fourth-order valence-corrected chi connectivity index (χ4v) is 3.70. The van der Waals surface area contributed by atoms with Gasteiger partial charge < -0.3 is 9.15 Å². The second-order valence-electron chi connectivity index (χ2n) is 7.41. The fraction of sp³-hybridized carbons (Fsp3) is 0.550. The highest BCUT2D eigenvalue weighted by Crippen LogP contribution is 2.35. The van der Waals surface area contributed by atoms with Gasteiger partial charge >= 0.3 is 11.7 Å². The fourth-order valence-electron chi connectivity index (χ4n) is 3.70. The number of nitrogens with zero attached hydrogens (tertiary/aromatic N) is 1. The summed E-state index contributed by atoms with van der Waals surface area (Å²) < 4.78 is 13.0. The number of hydrogen-bond donors (Lipinski definition) is 0. The maximum Gasteiger partial charge on any atom is 0.422 e. The second kappa shape index (κ2) is 7.29. The molecule has 1 aromatic carbocycles. The lowest BCUT2D eigenvalue weighted by atomic mass is 9.75. The maximum atomic E-state index is 12.1. The van der Waals surface area contributed by atoms with Gasteiger partial charge in [-0.1, -0.05) is 57.5 Å². The van der Waals surface area contributed by atoms with Gasteiger partial charge in [-0.3, -0.25) is 4.57 Å². The molecule has 2 aromatic rings. The Labute approximate surface area is 143 Å². The van der Waals surface area contributed by atoms with Crippen LogP contribution in [-0.4, -0.2) is 10.7 Å². The summed E-state index contributed by atoms with van der Waals surface area (Å²) in [4.78, 5) is 12.1. The molecule has 0 spiro atoms. The molecule has 3 rings (SSSR count). The summed E-state index contributed by atoms with van der Waals surface area (Å²) in [5, 5.41) is 0. The molecule has 0 N–H and O–H groups in total. The van der Waals surface area contributed by atoms with Crippen LogP contribution in [0.3, 0.4) is 0 Å². The van der Waals surface area contributed by atoms with Gasteiger partial charge in [-0.15, -0.1) is 0 Å². The molecule has 130 valence electrons. The molecule has 3 unspecified atom stereocenters. The minimum Gasteiger partial charge on any atom is -0.460 e. The van der Waals surface area contributed by atoms with Crippen LogP contribution in [0.1, 0.15) is 45.6 Å². The topological polar surface area (TPSA) is 44.4 Å². The van der Waals surface area contributed by atoms with Crippen LogP contribution >= 0.6 is 0 Å². The van der Waals surface area contributed by atoms with Crippen LogP contribution in [0.15, 0.2) is 45.7 Å². The monoisotopic (exact) mass is 329 g/mol. The van der Waals surface area contributed by atoms with Crippen LogP contribution in [0.2, 0.25) is 0 Å². The first-order valence-corrected chi connectivity index (χ1v) is 8.93. The van der Waals surface area contributed by atoms with Crippen molar-refractivity contribution in [2.45, 2.75) is 52.7 Å². The van der Waals surface area contributed by atoms with E-state index in [2.05, 4.69) is 20.8 Å². The Hall–Kier alpha value is -1.97. The molecule has 0 bridgehead atoms. The molecule has 4 nitrogen and oxygen atoms in total. The Morgan fingerprint density at radius 3 is 2.71 bits per heavy atom. The smallest absolute Gasteiger partial charge is 0.422 e. The zero-order valence-corrected chi connectivity index (χ0v) is 14.8. The second-order valence-corrected chi connectivity index (χ2v) is 7.41. The highest BCUT2D eigenvalue weighted by molar-refractivity contribution is 5.15. The first-order valence-electron chi connectivity index (χ1n) is 8.93. The van der Waals surface area contributed by atoms with E-state index < -0.39 is 0 Å². The van der Waals surface area contributed by atoms with Crippen molar-refractivity contribution in [3.05, 3.63) is 52.6 Å². The van der Waals surface area contributed by atoms with Crippen LogP contribution in [0.25, 0.3) is 0 Å². The van der Waals surface area contributed by atoms with Crippen LogP contribution in [0, 0.1) is 17.8 Å². The third-order valence-electron chi connectivity index (χ3n) is 5.11. The molecule has 0 saturated heterocycles. The molecule has 1 aromatic heterocycles. The van der Waals surface area contributed by atoms with E-state index in [1.54, 1.807) is 10.8 Å². The van der Waals surface area contributed by atoms with Crippen molar-refractivity contribution >= 4 is 0 Å². The third-order valence-corrected chi connectivity index (χ3v) is 5.11. The molecular weight excluding hydrogens is 302 g/mol. The zero-order valence-electron chi connectivity index (χ0n) is 14.8. The quantitative estimate of drug-likeness (QED) is 0.820. The Balaban J connectivity index is 1.73. The summed E-state index contributed by atoms with van der Waals surface area (Å²) in [5.41, 5.74) is 1.07. The van der Waals surface area contributed by atoms with Crippen molar-refractivity contribution < 1.29 is 9.15 Å². The van der Waals surface area contributed by atoms with Gasteiger partial charge in [-0.25, -0.2) is 4.79 Å². The van der Waals surface area contributed by atoms with E-state index in [0.717, 1.165) is 12.0 Å². The van der Waals surface area contributed by atoms with Gasteiger partial charge in [0, 0.05) is 0 Å². The van der Waals surface area contributed by atoms with Crippen LogP contribution in [0.5, 0.6) is 5.95 Å². The van der Waals surface area contributed by atoms with E-state index in [9.17, 15) is 4.79 Å². The lowest BCUT2D eigenvalue weighted by Crippen LogP contribution is -2.36. The predicted molar refractivity (Wildman–Crippen MR) is 94.3 cm³/mol. The summed E-state index contributed by atoms with van der Waals surface area (Å²) in [7, 11) is 0. The van der Waals surface area contributed by atoms with Crippen molar-refractivity contribution in [1.82, 2.24) is 4.57 Å². The minimum atomic E-state index is -0.362. The van der Waals surface area contributed by atoms with Crippen LogP contribution in [0.4, 0.5) is 0 Å². The number of benzene rings is 1. The number of aromatic nitrogens is 1. The number of oxazole rings is 1. The SMILES string of the molecule is CC1CCC(C(C)C)C(Oc2cn(Cc3ccccc3)c(=O)o2)C1. The first kappa shape index (κ1) is 16.9. The van der Waals surface area contributed by atoms with E-state index in [0.29, 0.717) is 30.2 Å². The number of ether oxygens (including phenoxy) is 1. The van der Waals surface area contributed by atoms with Crippen molar-refractivity contribution in [2.24, 2.45) is 17.8 Å². The van der Waals surface area contributed by atoms with Gasteiger partial charge in [0.1, 0.15) is 6.10 Å². The van der Waals surface area contributed by atoms with Crippen LogP contribution < -0.4 is 10.5 Å². The van der Waals surface area contributed by atoms with Gasteiger partial charge in [0.05, 0.1) is 12.7 Å². The summed E-state index contributed by atoms with van der Waals surface area (Å²) in [6.07, 6.45) is 5.28. The maximum absolute atomic E-state index is 12.1. The standard InChI is InChI=1S/C20H27NO3/c1-14(2)17-10-9-15(3)11-18(17)23-19-13-21(20(22)24-19)12-16-7-5-4-6-8-16/h4-8,13-15,17-18H,9-12H2,1-3H3. The summed E-state index contributed by atoms with van der Waals surface area (Å²) in [6, 6.07) is 9.89. The van der Waals surface area contributed by atoms with E-state index in [-0.39, 0.29) is 11.9 Å². The van der Waals surface area contributed by atoms with E-state index in [1.807, 2.05) is 30.3 Å². The molecule has 1 saturated carbocycles. The molecule has 1 aliphatic rings. The lowest BCUT2D eigenvalue weighted by Gasteiger charge is -2.36. The molecule has 0 amide bonds. The number of hydrogen-bond acceptors (Lipinski definition) is 3. The summed E-state index contributed by atoms with van der Waals surface area (Å²) in [6.45, 7) is 7.26. The Kier molecular flexibility index (Phi) is 5.12. The Bertz CT molecular complexity index is 701. The van der Waals surface area contributed by atoms with Gasteiger partial charge in [0.2, 0.25) is 0 Å². The highest BCUT2D eigenvalue weighted by atomic mass is 16.6. The van der Waals surface area contributed by atoms with Crippen molar-refractivity contribution in [2.75, 3.05) is 0 Å². The average Bonchev–Trinajstić information content (AvgIpc) is 2.87. The van der Waals surface area contributed by atoms with Crippen molar-refractivity contribution in [3.63, 3.8) is 0 Å². The lowest BCUT2D eigenvalue weighted by molar-refractivity contribution is 0.0279. The largest absolute Gasteiger partial charge is 0.460 e.